The Hall–Kier alpha value is -3.09. The number of aryl methyl sites for hydroxylation is 3. The second-order valence-corrected chi connectivity index (χ2v) is 7.85. The summed E-state index contributed by atoms with van der Waals surface area (Å²) < 4.78 is 7.46. The second kappa shape index (κ2) is 6.51. The third-order valence-electron chi connectivity index (χ3n) is 5.34. The highest BCUT2D eigenvalue weighted by molar-refractivity contribution is 5.98. The minimum Gasteiger partial charge on any atom is -0.451 e. The van der Waals surface area contributed by atoms with E-state index in [1.807, 2.05) is 39.8 Å². The Morgan fingerprint density at radius 2 is 1.93 bits per heavy atom. The monoisotopic (exact) mass is 380 g/mol. The van der Waals surface area contributed by atoms with E-state index in [0.717, 1.165) is 23.1 Å². The topological polar surface area (TPSA) is 80.4 Å². The molecule has 4 rings (SSSR count). The number of nitrogens with zero attached hydrogens (tertiary/aromatic N) is 3. The van der Waals surface area contributed by atoms with E-state index in [0.29, 0.717) is 24.2 Å². The Bertz CT molecular complexity index is 1030. The maximum Gasteiger partial charge on any atom is 0.287 e. The Kier molecular flexibility index (Phi) is 4.25. The van der Waals surface area contributed by atoms with Gasteiger partial charge < -0.3 is 14.6 Å². The van der Waals surface area contributed by atoms with Crippen LogP contribution in [0.5, 0.6) is 0 Å². The van der Waals surface area contributed by atoms with Crippen LogP contribution in [0.4, 0.5) is 0 Å². The van der Waals surface area contributed by atoms with E-state index in [9.17, 15) is 9.59 Å². The van der Waals surface area contributed by atoms with Crippen LogP contribution in [0.1, 0.15) is 45.9 Å². The number of aromatic nitrogens is 2. The number of benzene rings is 1. The molecule has 7 heteroatoms. The summed E-state index contributed by atoms with van der Waals surface area (Å²) in [7, 11) is 0. The van der Waals surface area contributed by atoms with Gasteiger partial charge in [-0.25, -0.2) is 0 Å². The van der Waals surface area contributed by atoms with Gasteiger partial charge in [-0.15, -0.1) is 0 Å². The highest BCUT2D eigenvalue weighted by Crippen LogP contribution is 2.26. The smallest absolute Gasteiger partial charge is 0.287 e. The van der Waals surface area contributed by atoms with Gasteiger partial charge >= 0.3 is 0 Å². The fourth-order valence-corrected chi connectivity index (χ4v) is 3.60. The number of carbonyl (C=O) groups excluding carboxylic acids is 2. The van der Waals surface area contributed by atoms with Gasteiger partial charge in [-0.2, -0.15) is 5.10 Å². The molecular weight excluding hydrogens is 356 g/mol. The fraction of sp³-hybridized carbons (Fsp3) is 0.381. The highest BCUT2D eigenvalue weighted by atomic mass is 16.3. The van der Waals surface area contributed by atoms with E-state index < -0.39 is 5.54 Å². The van der Waals surface area contributed by atoms with Crippen LogP contribution in [0, 0.1) is 13.8 Å². The van der Waals surface area contributed by atoms with Gasteiger partial charge in [0.25, 0.3) is 11.8 Å². The lowest BCUT2D eigenvalue weighted by atomic mass is 9.91. The van der Waals surface area contributed by atoms with Crippen molar-refractivity contribution in [2.24, 2.45) is 0 Å². The van der Waals surface area contributed by atoms with Gasteiger partial charge in [0.2, 0.25) is 0 Å². The molecular formula is C21H24N4O3. The van der Waals surface area contributed by atoms with Crippen molar-refractivity contribution in [1.82, 2.24) is 20.0 Å². The van der Waals surface area contributed by atoms with Crippen LogP contribution in [0.3, 0.4) is 0 Å². The molecule has 3 heterocycles. The van der Waals surface area contributed by atoms with Crippen molar-refractivity contribution in [2.45, 2.75) is 39.8 Å². The fourth-order valence-electron chi connectivity index (χ4n) is 3.60. The average Bonchev–Trinajstić information content (AvgIpc) is 3.26. The first-order valence-electron chi connectivity index (χ1n) is 9.43. The summed E-state index contributed by atoms with van der Waals surface area (Å²) >= 11 is 0. The third-order valence-corrected chi connectivity index (χ3v) is 5.34. The van der Waals surface area contributed by atoms with Crippen LogP contribution >= 0.6 is 0 Å². The van der Waals surface area contributed by atoms with E-state index in [-0.39, 0.29) is 17.6 Å². The molecule has 1 aromatic carbocycles. The van der Waals surface area contributed by atoms with Crippen LogP contribution in [0.15, 0.2) is 35.0 Å². The maximum atomic E-state index is 12.7. The molecule has 0 aliphatic carbocycles. The van der Waals surface area contributed by atoms with Crippen LogP contribution in [-0.4, -0.2) is 45.1 Å². The van der Waals surface area contributed by atoms with Crippen molar-refractivity contribution in [3.63, 3.8) is 0 Å². The molecule has 2 amide bonds. The SMILES string of the molecule is CCn1cc(C(=O)N2CC(C)(NC(=O)c3cc4cc(C)c(C)cc4o3)C2)cn1. The van der Waals surface area contributed by atoms with E-state index in [4.69, 9.17) is 4.42 Å². The molecule has 28 heavy (non-hydrogen) atoms. The quantitative estimate of drug-likeness (QED) is 0.755. The summed E-state index contributed by atoms with van der Waals surface area (Å²) in [5.74, 6) is -0.0451. The lowest BCUT2D eigenvalue weighted by Gasteiger charge is -2.48. The average molecular weight is 380 g/mol. The third kappa shape index (κ3) is 3.17. The molecule has 3 aromatic rings. The molecule has 0 radical (unpaired) electrons. The minimum atomic E-state index is -0.474. The van der Waals surface area contributed by atoms with Crippen LogP contribution in [-0.2, 0) is 6.54 Å². The van der Waals surface area contributed by atoms with E-state index in [1.54, 1.807) is 28.0 Å². The first-order chi connectivity index (χ1) is 13.3. The van der Waals surface area contributed by atoms with Crippen molar-refractivity contribution in [1.29, 1.82) is 0 Å². The molecule has 0 unspecified atom stereocenters. The van der Waals surface area contributed by atoms with Gasteiger partial charge in [0, 0.05) is 31.2 Å². The molecule has 1 aliphatic rings. The number of hydrogen-bond acceptors (Lipinski definition) is 4. The maximum absolute atomic E-state index is 12.7. The number of rotatable bonds is 4. The molecule has 2 aromatic heterocycles. The van der Waals surface area contributed by atoms with Crippen molar-refractivity contribution in [3.05, 3.63) is 53.0 Å². The zero-order valence-electron chi connectivity index (χ0n) is 16.6. The highest BCUT2D eigenvalue weighted by Gasteiger charge is 2.43. The predicted molar refractivity (Wildman–Crippen MR) is 105 cm³/mol. The Morgan fingerprint density at radius 3 is 2.61 bits per heavy atom. The number of fused-ring (bicyclic) bond motifs is 1. The van der Waals surface area contributed by atoms with Gasteiger partial charge in [0.15, 0.2) is 5.76 Å². The Balaban J connectivity index is 1.42. The van der Waals surface area contributed by atoms with Crippen LogP contribution in [0.25, 0.3) is 11.0 Å². The van der Waals surface area contributed by atoms with Crippen molar-refractivity contribution in [2.75, 3.05) is 13.1 Å². The zero-order valence-corrected chi connectivity index (χ0v) is 16.6. The number of carbonyl (C=O) groups is 2. The van der Waals surface area contributed by atoms with Crippen molar-refractivity contribution in [3.8, 4) is 0 Å². The predicted octanol–water partition coefficient (Wildman–Crippen LogP) is 2.91. The molecule has 1 aliphatic heterocycles. The first-order valence-corrected chi connectivity index (χ1v) is 9.43. The molecule has 1 N–H and O–H groups in total. The van der Waals surface area contributed by atoms with Gasteiger partial charge in [-0.05, 0) is 57.0 Å². The van der Waals surface area contributed by atoms with Gasteiger partial charge in [0.05, 0.1) is 17.3 Å². The summed E-state index contributed by atoms with van der Waals surface area (Å²) in [6, 6.07) is 5.73. The largest absolute Gasteiger partial charge is 0.451 e. The normalized spacial score (nSPS) is 15.5. The molecule has 0 spiro atoms. The molecule has 146 valence electrons. The number of amides is 2. The van der Waals surface area contributed by atoms with Crippen LogP contribution < -0.4 is 5.32 Å². The summed E-state index contributed by atoms with van der Waals surface area (Å²) in [4.78, 5) is 26.9. The number of nitrogens with one attached hydrogen (secondary N) is 1. The second-order valence-electron chi connectivity index (χ2n) is 7.85. The number of likely N-dealkylation sites (tertiary alicyclic amines) is 1. The van der Waals surface area contributed by atoms with Gasteiger partial charge in [0.1, 0.15) is 5.58 Å². The number of hydrogen-bond donors (Lipinski definition) is 1. The molecule has 1 fully saturated rings. The van der Waals surface area contributed by atoms with Crippen molar-refractivity contribution >= 4 is 22.8 Å². The van der Waals surface area contributed by atoms with Gasteiger partial charge in [-0.1, -0.05) is 0 Å². The Morgan fingerprint density at radius 1 is 1.21 bits per heavy atom. The summed E-state index contributed by atoms with van der Waals surface area (Å²) in [5.41, 5.74) is 3.08. The standard InChI is InChI=1S/C21H24N4O3/c1-5-25-10-16(9-22-25)20(27)24-11-21(4,12-24)23-19(26)18-8-15-6-13(2)14(3)7-17(15)28-18/h6-10H,5,11-12H2,1-4H3,(H,23,26). The van der Waals surface area contributed by atoms with Crippen LogP contribution in [0.2, 0.25) is 0 Å². The van der Waals surface area contributed by atoms with Crippen molar-refractivity contribution < 1.29 is 14.0 Å². The molecule has 0 bridgehead atoms. The molecule has 0 atom stereocenters. The summed E-state index contributed by atoms with van der Waals surface area (Å²) in [5, 5.41) is 8.06. The lowest BCUT2D eigenvalue weighted by molar-refractivity contribution is 0.0325. The lowest BCUT2D eigenvalue weighted by Crippen LogP contribution is -2.69. The van der Waals surface area contributed by atoms with E-state index in [1.165, 1.54) is 0 Å². The minimum absolute atomic E-state index is 0.0684. The Labute approximate surface area is 163 Å². The van der Waals surface area contributed by atoms with E-state index >= 15 is 0 Å². The zero-order chi connectivity index (χ0) is 20.1. The first kappa shape index (κ1) is 18.3. The molecule has 1 saturated heterocycles. The summed E-state index contributed by atoms with van der Waals surface area (Å²) in [6.45, 7) is 9.58. The molecule has 0 saturated carbocycles. The van der Waals surface area contributed by atoms with E-state index in [2.05, 4.69) is 10.4 Å². The molecule has 7 nitrogen and oxygen atoms in total. The number of furan rings is 1. The van der Waals surface area contributed by atoms with Gasteiger partial charge in [-0.3, -0.25) is 14.3 Å². The summed E-state index contributed by atoms with van der Waals surface area (Å²) in [6.07, 6.45) is 3.33.